The van der Waals surface area contributed by atoms with Crippen LogP contribution in [-0.2, 0) is 11.3 Å². The minimum Gasteiger partial charge on any atom is -0.497 e. The molecule has 34 heavy (non-hydrogen) atoms. The fraction of sp³-hybridized carbons (Fsp3) is 0.423. The number of H-pyrrole nitrogens is 1. The van der Waals surface area contributed by atoms with Crippen LogP contribution in [0.1, 0.15) is 52.0 Å². The lowest BCUT2D eigenvalue weighted by atomic mass is 9.96. The number of carbonyl (C=O) groups excluding carboxylic acids is 1. The number of unbranched alkanes of at least 4 members (excludes halogenated alkanes) is 1. The molecule has 1 amide bonds. The molecule has 182 valence electrons. The minimum absolute atomic E-state index is 0.0182. The maximum absolute atomic E-state index is 13.7. The monoisotopic (exact) mass is 466 g/mol. The molecule has 0 spiro atoms. The Morgan fingerprint density at radius 2 is 1.79 bits per heavy atom. The number of carbonyl (C=O) groups is 1. The zero-order chi connectivity index (χ0) is 25.0. The van der Waals surface area contributed by atoms with Crippen LogP contribution in [0.25, 0.3) is 10.8 Å². The van der Waals surface area contributed by atoms with Gasteiger partial charge in [-0.1, -0.05) is 51.5 Å². The molecule has 2 aromatic carbocycles. The highest BCUT2D eigenvalue weighted by Crippen LogP contribution is 2.28. The van der Waals surface area contributed by atoms with Crippen molar-refractivity contribution < 1.29 is 9.53 Å². The van der Waals surface area contributed by atoms with Gasteiger partial charge in [-0.25, -0.2) is 4.79 Å². The summed E-state index contributed by atoms with van der Waals surface area (Å²) in [7, 11) is 1.62. The summed E-state index contributed by atoms with van der Waals surface area (Å²) < 4.78 is 6.63. The van der Waals surface area contributed by atoms with Crippen LogP contribution in [0, 0.1) is 5.92 Å². The van der Waals surface area contributed by atoms with Crippen molar-refractivity contribution in [3.8, 4) is 5.75 Å². The summed E-state index contributed by atoms with van der Waals surface area (Å²) in [5.41, 5.74) is 5.97. The normalized spacial score (nSPS) is 12.2. The summed E-state index contributed by atoms with van der Waals surface area (Å²) in [5.74, 6) is 0.153. The lowest BCUT2D eigenvalue weighted by Crippen LogP contribution is -2.43. The highest BCUT2D eigenvalue weighted by molar-refractivity contribution is 6.00. The molecule has 0 saturated heterocycles. The van der Waals surface area contributed by atoms with Gasteiger partial charge in [0.25, 0.3) is 5.56 Å². The molecule has 3 rings (SSSR count). The number of nitrogen functional groups attached to an aromatic ring is 1. The van der Waals surface area contributed by atoms with E-state index in [-0.39, 0.29) is 23.3 Å². The zero-order valence-electron chi connectivity index (χ0n) is 20.6. The zero-order valence-corrected chi connectivity index (χ0v) is 20.6. The van der Waals surface area contributed by atoms with Crippen LogP contribution < -0.4 is 26.6 Å². The first-order chi connectivity index (χ1) is 16.2. The Morgan fingerprint density at radius 3 is 2.44 bits per heavy atom. The molecule has 3 N–H and O–H groups in total. The highest BCUT2D eigenvalue weighted by Gasteiger charge is 2.28. The van der Waals surface area contributed by atoms with E-state index < -0.39 is 17.2 Å². The number of methoxy groups -OCH3 is 1. The Balaban J connectivity index is 2.04. The molecule has 0 aliphatic rings. The topological polar surface area (TPSA) is 110 Å². The Morgan fingerprint density at radius 1 is 1.12 bits per heavy atom. The van der Waals surface area contributed by atoms with E-state index in [0.717, 1.165) is 28.5 Å². The highest BCUT2D eigenvalue weighted by atomic mass is 16.5. The third-order valence-electron chi connectivity index (χ3n) is 5.97. The van der Waals surface area contributed by atoms with E-state index in [4.69, 9.17) is 10.5 Å². The molecule has 0 radical (unpaired) electrons. The van der Waals surface area contributed by atoms with E-state index in [2.05, 4.69) is 4.98 Å². The first-order valence-corrected chi connectivity index (χ1v) is 11.7. The molecular formula is C26H34N4O4. The summed E-state index contributed by atoms with van der Waals surface area (Å²) in [6.07, 6.45) is 1.53. The summed E-state index contributed by atoms with van der Waals surface area (Å²) in [6.45, 7) is 8.41. The van der Waals surface area contributed by atoms with Crippen molar-refractivity contribution in [1.29, 1.82) is 0 Å². The van der Waals surface area contributed by atoms with Crippen molar-refractivity contribution in [2.45, 2.75) is 53.0 Å². The molecular weight excluding hydrogens is 432 g/mol. The summed E-state index contributed by atoms with van der Waals surface area (Å²) >= 11 is 0. The average molecular weight is 467 g/mol. The Bertz CT molecular complexity index is 1290. The fourth-order valence-corrected chi connectivity index (χ4v) is 4.05. The molecule has 0 unspecified atom stereocenters. The molecule has 0 aliphatic carbocycles. The molecule has 0 saturated carbocycles. The molecule has 8 heteroatoms. The summed E-state index contributed by atoms with van der Waals surface area (Å²) in [4.78, 5) is 42.7. The van der Waals surface area contributed by atoms with Crippen molar-refractivity contribution >= 4 is 28.2 Å². The number of benzene rings is 2. The second kappa shape index (κ2) is 10.6. The van der Waals surface area contributed by atoms with E-state index in [9.17, 15) is 14.4 Å². The number of hydrogen-bond donors (Lipinski definition) is 2. The van der Waals surface area contributed by atoms with E-state index in [0.29, 0.717) is 19.5 Å². The largest absolute Gasteiger partial charge is 0.497 e. The standard InChI is InChI=1S/C26H34N4O4/c1-6-7-12-29(22-23(27)30(15-16(2)3)26(33)28-24(22)31)25(32)17(4)18-8-9-20-14-21(34-5)11-10-19(20)13-18/h8-11,13-14,16-17H,6-7,12,15,27H2,1-5H3,(H,28,31,33)/t17-/m0/s1. The number of anilines is 2. The fourth-order valence-electron chi connectivity index (χ4n) is 4.05. The van der Waals surface area contributed by atoms with Crippen LogP contribution in [0.15, 0.2) is 46.0 Å². The number of nitrogens with zero attached hydrogens (tertiary/aromatic N) is 2. The van der Waals surface area contributed by atoms with Crippen LogP contribution in [0.3, 0.4) is 0 Å². The second-order valence-corrected chi connectivity index (χ2v) is 9.04. The maximum atomic E-state index is 13.7. The van der Waals surface area contributed by atoms with Crippen LogP contribution >= 0.6 is 0 Å². The minimum atomic E-state index is -0.648. The van der Waals surface area contributed by atoms with E-state index in [1.165, 1.54) is 9.47 Å². The lowest BCUT2D eigenvalue weighted by molar-refractivity contribution is -0.119. The summed E-state index contributed by atoms with van der Waals surface area (Å²) in [6, 6.07) is 11.6. The SMILES string of the molecule is CCCCN(C(=O)[C@@H](C)c1ccc2cc(OC)ccc2c1)c1c(N)n(CC(C)C)c(=O)[nH]c1=O. The van der Waals surface area contributed by atoms with Crippen molar-refractivity contribution in [2.75, 3.05) is 24.3 Å². The average Bonchev–Trinajstić information content (AvgIpc) is 2.81. The van der Waals surface area contributed by atoms with Crippen LogP contribution in [0.4, 0.5) is 11.5 Å². The van der Waals surface area contributed by atoms with E-state index >= 15 is 0 Å². The van der Waals surface area contributed by atoms with Crippen LogP contribution in [0.5, 0.6) is 5.75 Å². The number of nitrogens with one attached hydrogen (secondary N) is 1. The molecule has 0 aliphatic heterocycles. The number of aromatic amines is 1. The number of aromatic nitrogens is 2. The molecule has 3 aromatic rings. The Labute approximate surface area is 199 Å². The van der Waals surface area contributed by atoms with Gasteiger partial charge in [0.15, 0.2) is 5.69 Å². The van der Waals surface area contributed by atoms with Crippen molar-refractivity contribution in [3.05, 3.63) is 62.8 Å². The number of amides is 1. The van der Waals surface area contributed by atoms with Gasteiger partial charge in [0.2, 0.25) is 5.91 Å². The predicted molar refractivity (Wildman–Crippen MR) is 137 cm³/mol. The van der Waals surface area contributed by atoms with Gasteiger partial charge in [-0.05, 0) is 47.7 Å². The van der Waals surface area contributed by atoms with Crippen molar-refractivity contribution in [1.82, 2.24) is 9.55 Å². The van der Waals surface area contributed by atoms with Gasteiger partial charge < -0.3 is 15.4 Å². The van der Waals surface area contributed by atoms with Gasteiger partial charge in [0, 0.05) is 13.1 Å². The first-order valence-electron chi connectivity index (χ1n) is 11.7. The lowest BCUT2D eigenvalue weighted by Gasteiger charge is -2.27. The number of ether oxygens (including phenoxy) is 1. The summed E-state index contributed by atoms with van der Waals surface area (Å²) in [5, 5.41) is 1.99. The van der Waals surface area contributed by atoms with Crippen LogP contribution in [0.2, 0.25) is 0 Å². The van der Waals surface area contributed by atoms with Gasteiger partial charge >= 0.3 is 5.69 Å². The number of rotatable bonds is 9. The molecule has 0 bridgehead atoms. The van der Waals surface area contributed by atoms with Crippen molar-refractivity contribution in [3.63, 3.8) is 0 Å². The van der Waals surface area contributed by atoms with Gasteiger partial charge in [-0.15, -0.1) is 0 Å². The van der Waals surface area contributed by atoms with Crippen LogP contribution in [-0.4, -0.2) is 29.1 Å². The van der Waals surface area contributed by atoms with E-state index in [1.54, 1.807) is 7.11 Å². The van der Waals surface area contributed by atoms with Gasteiger partial charge in [0.05, 0.1) is 13.0 Å². The predicted octanol–water partition coefficient (Wildman–Crippen LogP) is 3.87. The van der Waals surface area contributed by atoms with E-state index in [1.807, 2.05) is 64.1 Å². The van der Waals surface area contributed by atoms with Gasteiger partial charge in [-0.3, -0.25) is 19.1 Å². The first kappa shape index (κ1) is 25.1. The van der Waals surface area contributed by atoms with Gasteiger partial charge in [-0.2, -0.15) is 0 Å². The Kier molecular flexibility index (Phi) is 7.81. The third kappa shape index (κ3) is 5.16. The molecule has 1 atom stereocenters. The quantitative estimate of drug-likeness (QED) is 0.497. The number of fused-ring (bicyclic) bond motifs is 1. The maximum Gasteiger partial charge on any atom is 0.330 e. The Hall–Kier alpha value is -3.55. The number of nitrogens with two attached hydrogens (primary N) is 1. The smallest absolute Gasteiger partial charge is 0.330 e. The molecule has 1 aromatic heterocycles. The number of hydrogen-bond acceptors (Lipinski definition) is 5. The van der Waals surface area contributed by atoms with Crippen molar-refractivity contribution in [2.24, 2.45) is 5.92 Å². The molecule has 0 fully saturated rings. The second-order valence-electron chi connectivity index (χ2n) is 9.04. The van der Waals surface area contributed by atoms with Gasteiger partial charge in [0.1, 0.15) is 11.6 Å². The molecule has 8 nitrogen and oxygen atoms in total. The molecule has 1 heterocycles. The third-order valence-corrected chi connectivity index (χ3v) is 5.97.